The Hall–Kier alpha value is -6.73. The van der Waals surface area contributed by atoms with Crippen molar-refractivity contribution in [1.29, 1.82) is 0 Å². The standard InChI is InChI=1S/C50H56N4O14/c1-23-13-12-14-24(2)49(61)53-39-42(59)35-34(38-46(39)66-32-22-29(21-30(56)37(32)52-38)63-20-18-54(8)33-15-10-11-17-51-33)36-44(26(4)40(35)57)68-50(7,48(36)60)64-19-16-31(62-9)25(3)45(65-28(6)55)47-41(58)27(5)43(23)67-47/h10-17,19,21-23,25,27,31,41-43,45,47,56-59H,18,20H2,1-9H3,(H,53,61)/b13-12+,19-16+,24-14-/t23-,25+,27-,31-,41+,42?,43-,45+,47+,50-/m0/s1. The molecule has 9 rings (SSSR count). The fourth-order valence-electron chi connectivity index (χ4n) is 9.27. The molecule has 7 bridgehead atoms. The molecule has 0 saturated carbocycles. The number of likely N-dealkylation sites (N-methyl/N-ethyl adjacent to an activating group) is 1. The van der Waals surface area contributed by atoms with Gasteiger partial charge in [-0.15, -0.1) is 0 Å². The number of aliphatic imine (C=N–C) groups is 1. The summed E-state index contributed by atoms with van der Waals surface area (Å²) in [6.45, 7) is 11.8. The number of aliphatic hydroxyl groups is 2. The average Bonchev–Trinajstić information content (AvgIpc) is 3.75. The van der Waals surface area contributed by atoms with Crippen LogP contribution in [0.15, 0.2) is 89.1 Å². The van der Waals surface area contributed by atoms with Crippen LogP contribution in [0.25, 0.3) is 0 Å². The number of pyridine rings is 1. The Morgan fingerprint density at radius 3 is 2.50 bits per heavy atom. The number of aromatic hydroxyl groups is 2. The lowest BCUT2D eigenvalue weighted by molar-refractivity contribution is -0.168. The van der Waals surface area contributed by atoms with Gasteiger partial charge in [0.25, 0.3) is 11.7 Å². The molecule has 1 saturated heterocycles. The van der Waals surface area contributed by atoms with Gasteiger partial charge in [-0.25, -0.2) is 9.98 Å². The third-order valence-electron chi connectivity index (χ3n) is 13.2. The lowest BCUT2D eigenvalue weighted by Gasteiger charge is -2.33. The first-order valence-electron chi connectivity index (χ1n) is 22.3. The summed E-state index contributed by atoms with van der Waals surface area (Å²) in [6, 6.07) is 8.41. The number of ketones is 1. The van der Waals surface area contributed by atoms with Gasteiger partial charge in [0.05, 0.1) is 42.4 Å². The van der Waals surface area contributed by atoms with Crippen LogP contribution in [0.4, 0.5) is 11.5 Å². The Balaban J connectivity index is 1.23. The number of allylic oxidation sites excluding steroid dienone is 3. The van der Waals surface area contributed by atoms with Crippen molar-refractivity contribution in [2.45, 2.75) is 90.9 Å². The Morgan fingerprint density at radius 2 is 1.79 bits per heavy atom. The number of aliphatic hydroxyl groups excluding tert-OH is 2. The first kappa shape index (κ1) is 47.8. The number of fused-ring (bicyclic) bond motifs is 9. The van der Waals surface area contributed by atoms with Gasteiger partial charge in [0.2, 0.25) is 0 Å². The molecule has 68 heavy (non-hydrogen) atoms. The van der Waals surface area contributed by atoms with Crippen molar-refractivity contribution in [3.63, 3.8) is 0 Å². The largest absolute Gasteiger partial charge is 0.507 e. The molecule has 6 aliphatic rings. The molecule has 1 unspecified atom stereocenters. The molecule has 360 valence electrons. The third kappa shape index (κ3) is 8.57. The summed E-state index contributed by atoms with van der Waals surface area (Å²) in [5.74, 6) is -5.48. The van der Waals surface area contributed by atoms with Gasteiger partial charge in [-0.3, -0.25) is 14.4 Å². The number of hydrogen-bond donors (Lipinski definition) is 5. The zero-order valence-corrected chi connectivity index (χ0v) is 39.2. The number of carbonyl (C=O) groups is 3. The topological polar surface area (TPSA) is 237 Å². The minimum absolute atomic E-state index is 0.00298. The predicted molar refractivity (Wildman–Crippen MR) is 246 cm³/mol. The number of benzene rings is 2. The number of Topliss-reactive ketones (excluding diaryl/α,β-unsaturated/α-hetero) is 1. The molecule has 1 aromatic heterocycles. The first-order valence-corrected chi connectivity index (χ1v) is 22.3. The van der Waals surface area contributed by atoms with Crippen molar-refractivity contribution in [1.82, 2.24) is 10.3 Å². The number of phenols is 2. The zero-order chi connectivity index (χ0) is 48.9. The van der Waals surface area contributed by atoms with E-state index < -0.39 is 77.7 Å². The van der Waals surface area contributed by atoms with Gasteiger partial charge in [0, 0.05) is 86.4 Å². The van der Waals surface area contributed by atoms with E-state index >= 15 is 0 Å². The van der Waals surface area contributed by atoms with E-state index in [1.807, 2.05) is 50.1 Å². The molecule has 6 heterocycles. The second-order valence-electron chi connectivity index (χ2n) is 17.8. The summed E-state index contributed by atoms with van der Waals surface area (Å²) in [4.78, 5) is 52.4. The van der Waals surface area contributed by atoms with E-state index in [0.717, 1.165) is 5.82 Å². The SMILES string of the molecule is CO[C@H]1/C=C/O[C@@]2(C)Oc3c(C)c(O)c4c(c3C2=O)C2=Nc3c(O)cc(OCCN(C)c5ccccn5)cc3OC2=C(NC(=O)/C(C)=C\C=C\[C@H](C)[C@@H]2O[C@H]([C@H](O)[C@@H]2C)[C@H](OC(C)=O)[C@@H]1C)C4O. The Morgan fingerprint density at radius 1 is 1.03 bits per heavy atom. The fraction of sp³-hybridized carbons (Fsp3) is 0.420. The highest BCUT2D eigenvalue weighted by Crippen LogP contribution is 2.54. The van der Waals surface area contributed by atoms with Gasteiger partial charge in [0.15, 0.2) is 11.5 Å². The summed E-state index contributed by atoms with van der Waals surface area (Å²) in [5.41, 5.74) is -0.480. The number of phenolic OH excluding ortho intramolecular Hbond substituents is 2. The minimum atomic E-state index is -2.06. The highest BCUT2D eigenvalue weighted by atomic mass is 16.7. The van der Waals surface area contributed by atoms with Crippen LogP contribution in [-0.4, -0.2) is 112 Å². The van der Waals surface area contributed by atoms with Crippen LogP contribution in [-0.2, 0) is 28.5 Å². The van der Waals surface area contributed by atoms with E-state index in [2.05, 4.69) is 10.3 Å². The molecule has 1 aliphatic carbocycles. The highest BCUT2D eigenvalue weighted by molar-refractivity contribution is 6.25. The van der Waals surface area contributed by atoms with Crippen LogP contribution in [0.2, 0.25) is 0 Å². The number of anilines is 1. The van der Waals surface area contributed by atoms with Crippen LogP contribution in [0.3, 0.4) is 0 Å². The number of methoxy groups -OCH3 is 1. The molecular weight excluding hydrogens is 881 g/mol. The Labute approximate surface area is 393 Å². The average molecular weight is 937 g/mol. The van der Waals surface area contributed by atoms with E-state index in [-0.39, 0.29) is 86.2 Å². The maximum Gasteiger partial charge on any atom is 0.312 e. The number of nitrogens with one attached hydrogen (secondary N) is 1. The van der Waals surface area contributed by atoms with Crippen LogP contribution in [0.1, 0.15) is 74.7 Å². The highest BCUT2D eigenvalue weighted by Gasteiger charge is 2.54. The Bertz CT molecular complexity index is 2680. The van der Waals surface area contributed by atoms with Crippen molar-refractivity contribution in [2.24, 2.45) is 22.7 Å². The van der Waals surface area contributed by atoms with Gasteiger partial charge in [-0.2, -0.15) is 0 Å². The molecule has 3 aromatic rings. The van der Waals surface area contributed by atoms with E-state index in [1.54, 1.807) is 32.2 Å². The van der Waals surface area contributed by atoms with Gasteiger partial charge in [-0.05, 0) is 32.1 Å². The summed E-state index contributed by atoms with van der Waals surface area (Å²) in [5, 5.41) is 49.9. The van der Waals surface area contributed by atoms with E-state index in [0.29, 0.717) is 6.54 Å². The second-order valence-corrected chi connectivity index (χ2v) is 17.8. The van der Waals surface area contributed by atoms with Crippen molar-refractivity contribution in [3.8, 4) is 28.7 Å². The number of ether oxygens (including phenoxy) is 7. The van der Waals surface area contributed by atoms with E-state index in [9.17, 15) is 34.8 Å². The number of aromatic nitrogens is 1. The van der Waals surface area contributed by atoms with Gasteiger partial charge in [0.1, 0.15) is 65.1 Å². The lowest BCUT2D eigenvalue weighted by atomic mass is 9.81. The first-order chi connectivity index (χ1) is 32.3. The summed E-state index contributed by atoms with van der Waals surface area (Å²) in [6.07, 6.45) is 3.37. The number of rotatable bonds is 7. The molecule has 5 N–H and O–H groups in total. The van der Waals surface area contributed by atoms with E-state index in [4.69, 9.17) is 38.2 Å². The monoisotopic (exact) mass is 936 g/mol. The number of amides is 1. The number of carbonyl (C=O) groups excluding carboxylic acids is 3. The smallest absolute Gasteiger partial charge is 0.312 e. The number of nitrogens with zero attached hydrogens (tertiary/aromatic N) is 3. The second kappa shape index (κ2) is 18.7. The molecule has 18 nitrogen and oxygen atoms in total. The van der Waals surface area contributed by atoms with Crippen molar-refractivity contribution >= 4 is 34.9 Å². The number of esters is 1. The molecule has 2 aromatic carbocycles. The summed E-state index contributed by atoms with van der Waals surface area (Å²) >= 11 is 0. The normalized spacial score (nSPS) is 30.4. The fourth-order valence-corrected chi connectivity index (χ4v) is 9.27. The maximum atomic E-state index is 14.8. The Kier molecular flexibility index (Phi) is 13.2. The molecular formula is C50H56N4O14. The maximum absolute atomic E-state index is 14.8. The molecule has 10 atom stereocenters. The van der Waals surface area contributed by atoms with Crippen LogP contribution >= 0.6 is 0 Å². The molecule has 0 radical (unpaired) electrons. The van der Waals surface area contributed by atoms with Crippen LogP contribution < -0.4 is 24.4 Å². The van der Waals surface area contributed by atoms with Crippen molar-refractivity contribution in [2.75, 3.05) is 32.2 Å². The predicted octanol–water partition coefficient (Wildman–Crippen LogP) is 5.53. The van der Waals surface area contributed by atoms with Crippen LogP contribution in [0.5, 0.6) is 28.7 Å². The van der Waals surface area contributed by atoms with Crippen molar-refractivity contribution in [3.05, 3.63) is 106 Å². The summed E-state index contributed by atoms with van der Waals surface area (Å²) < 4.78 is 42.9. The molecule has 0 spiro atoms. The minimum Gasteiger partial charge on any atom is -0.507 e. The van der Waals surface area contributed by atoms with Gasteiger partial charge < -0.3 is 63.8 Å². The molecule has 5 aliphatic heterocycles. The third-order valence-corrected chi connectivity index (χ3v) is 13.2. The summed E-state index contributed by atoms with van der Waals surface area (Å²) in [7, 11) is 3.31. The molecule has 1 amide bonds. The van der Waals surface area contributed by atoms with E-state index in [1.165, 1.54) is 52.4 Å². The molecule has 1 fully saturated rings. The number of hydrogen-bond acceptors (Lipinski definition) is 17. The molecule has 18 heteroatoms. The van der Waals surface area contributed by atoms with Crippen LogP contribution in [0, 0.1) is 24.7 Å². The lowest BCUT2D eigenvalue weighted by Crippen LogP contribution is -2.46. The van der Waals surface area contributed by atoms with Gasteiger partial charge >= 0.3 is 11.8 Å². The quantitative estimate of drug-likeness (QED) is 0.183. The van der Waals surface area contributed by atoms with Gasteiger partial charge in [-0.1, -0.05) is 45.1 Å². The van der Waals surface area contributed by atoms with Crippen molar-refractivity contribution < 1.29 is 68.0 Å². The zero-order valence-electron chi connectivity index (χ0n) is 39.2.